The molecule has 2 amide bonds. The van der Waals surface area contributed by atoms with Gasteiger partial charge in [-0.25, -0.2) is 4.39 Å². The number of benzene rings is 5. The molecule has 0 aromatic heterocycles. The fourth-order valence-electron chi connectivity index (χ4n) is 10.1. The third kappa shape index (κ3) is 5.94. The van der Waals surface area contributed by atoms with Crippen molar-refractivity contribution in [2.45, 2.75) is 24.2 Å². The number of halogens is 1. The summed E-state index contributed by atoms with van der Waals surface area (Å²) < 4.78 is 26.3. The van der Waals surface area contributed by atoms with Crippen molar-refractivity contribution in [2.75, 3.05) is 19.1 Å². The number of carbonyl (C=O) groups is 4. The minimum Gasteiger partial charge on any atom is -0.505 e. The summed E-state index contributed by atoms with van der Waals surface area (Å²) >= 11 is 0. The van der Waals surface area contributed by atoms with Crippen molar-refractivity contribution in [3.05, 3.63) is 173 Å². The number of carbonyl (C=O) groups excluding carboxylic acids is 4. The molecule has 8 nitrogen and oxygen atoms in total. The van der Waals surface area contributed by atoms with Crippen LogP contribution in [-0.2, 0) is 24.6 Å². The number of aromatic hydroxyl groups is 1. The van der Waals surface area contributed by atoms with Crippen molar-refractivity contribution in [2.24, 2.45) is 23.7 Å². The fraction of sp³-hybridized carbons (Fsp3) is 0.200. The summed E-state index contributed by atoms with van der Waals surface area (Å²) in [7, 11) is 3.19. The van der Waals surface area contributed by atoms with E-state index >= 15 is 14.0 Å². The van der Waals surface area contributed by atoms with Gasteiger partial charge in [-0.3, -0.25) is 24.1 Å². The van der Waals surface area contributed by atoms with Crippen LogP contribution in [0.15, 0.2) is 139 Å². The van der Waals surface area contributed by atoms with Gasteiger partial charge in [0.25, 0.3) is 0 Å². The Labute approximate surface area is 340 Å². The Kier molecular flexibility index (Phi) is 9.46. The number of fused-ring (bicyclic) bond motifs is 4. The number of ether oxygens (including phenoxy) is 2. The maximum absolute atomic E-state index is 15.4. The zero-order chi connectivity index (χ0) is 41.0. The summed E-state index contributed by atoms with van der Waals surface area (Å²) in [6.07, 6.45) is 7.36. The van der Waals surface area contributed by atoms with E-state index in [0.717, 1.165) is 17.2 Å². The molecule has 1 heterocycles. The number of phenols is 1. The first kappa shape index (κ1) is 37.7. The van der Waals surface area contributed by atoms with Crippen LogP contribution in [0, 0.1) is 29.5 Å². The minimum absolute atomic E-state index is 0.0908. The van der Waals surface area contributed by atoms with E-state index < -0.39 is 52.5 Å². The molecule has 9 heteroatoms. The molecular formula is C50H40FNO7. The van der Waals surface area contributed by atoms with Crippen LogP contribution in [0.25, 0.3) is 17.7 Å². The number of imide groups is 1. The Morgan fingerprint density at radius 1 is 0.780 bits per heavy atom. The van der Waals surface area contributed by atoms with Crippen LogP contribution >= 0.6 is 0 Å². The summed E-state index contributed by atoms with van der Waals surface area (Å²) in [5, 5.41) is 11.5. The average Bonchev–Trinajstić information content (AvgIpc) is 3.53. The Morgan fingerprint density at radius 2 is 1.51 bits per heavy atom. The molecule has 0 radical (unpaired) electrons. The summed E-state index contributed by atoms with van der Waals surface area (Å²) in [5.74, 6) is -5.81. The van der Waals surface area contributed by atoms with E-state index in [-0.39, 0.29) is 41.5 Å². The molecule has 5 aromatic rings. The van der Waals surface area contributed by atoms with E-state index in [1.165, 1.54) is 17.0 Å². The van der Waals surface area contributed by atoms with Gasteiger partial charge in [-0.2, -0.15) is 0 Å². The number of methoxy groups -OCH3 is 2. The Hall–Kier alpha value is -6.87. The third-order valence-electron chi connectivity index (χ3n) is 12.7. The molecule has 3 aliphatic carbocycles. The maximum atomic E-state index is 15.4. The lowest BCUT2D eigenvalue weighted by molar-refractivity contribution is -0.135. The zero-order valence-electron chi connectivity index (χ0n) is 32.4. The number of Topliss-reactive ketones (excluding diaryl/α,β-unsaturated/α-hetero) is 1. The molecule has 4 aliphatic rings. The average molecular weight is 786 g/mol. The molecule has 6 unspecified atom stereocenters. The summed E-state index contributed by atoms with van der Waals surface area (Å²) in [6.45, 7) is 0. The topological polar surface area (TPSA) is 110 Å². The Morgan fingerprint density at radius 3 is 2.22 bits per heavy atom. The SMILES string of the molecule is COc1ccc(OC)c(C=Cc2ccc(N3C(=O)C4CC=C5C(CC6C(=O)C(c7ccccc7)=CC(=O)C6(c6ccccc6)C5c5cccc(F)c5O)C4C3=O)cc2)c1. The molecule has 5 aromatic carbocycles. The molecule has 1 saturated carbocycles. The van der Waals surface area contributed by atoms with E-state index in [9.17, 15) is 14.7 Å². The first-order valence-electron chi connectivity index (χ1n) is 19.6. The predicted octanol–water partition coefficient (Wildman–Crippen LogP) is 8.75. The maximum Gasteiger partial charge on any atom is 0.238 e. The largest absolute Gasteiger partial charge is 0.505 e. The van der Waals surface area contributed by atoms with Crippen LogP contribution < -0.4 is 14.4 Å². The van der Waals surface area contributed by atoms with Gasteiger partial charge in [-0.1, -0.05) is 109 Å². The number of hydrogen-bond acceptors (Lipinski definition) is 7. The predicted molar refractivity (Wildman–Crippen MR) is 222 cm³/mol. The lowest BCUT2D eigenvalue weighted by Crippen LogP contribution is -2.58. The Bertz CT molecular complexity index is 2620. The van der Waals surface area contributed by atoms with Crippen LogP contribution in [0.4, 0.5) is 10.1 Å². The quantitative estimate of drug-likeness (QED) is 0.0952. The summed E-state index contributed by atoms with van der Waals surface area (Å²) in [5.41, 5.74) is 2.64. The molecule has 1 N–H and O–H groups in total. The van der Waals surface area contributed by atoms with Crippen LogP contribution in [0.3, 0.4) is 0 Å². The smallest absolute Gasteiger partial charge is 0.238 e. The standard InChI is InChI=1S/C50H40FNO7/c1-58-34-22-25-42(59-2)31(26-34)19-16-29-17-20-33(21-18-29)52-48(56)36-24-23-35-39(44(36)49(52)57)27-40-46(54)38(30-10-5-3-6-11-30)28-43(53)50(40,32-12-7-4-8-13-32)45(35)37-14-9-15-41(51)47(37)55/h3-23,25-26,28,36,39-40,44-45,55H,24,27H2,1-2H3. The number of anilines is 1. The molecule has 0 spiro atoms. The van der Waals surface area contributed by atoms with Gasteiger partial charge in [0.2, 0.25) is 11.8 Å². The first-order chi connectivity index (χ1) is 28.7. The van der Waals surface area contributed by atoms with Gasteiger partial charge in [-0.15, -0.1) is 0 Å². The van der Waals surface area contributed by atoms with E-state index in [2.05, 4.69) is 0 Å². The van der Waals surface area contributed by atoms with Crippen molar-refractivity contribution >= 4 is 46.8 Å². The number of amides is 2. The fourth-order valence-corrected chi connectivity index (χ4v) is 10.1. The van der Waals surface area contributed by atoms with Crippen LogP contribution in [0.2, 0.25) is 0 Å². The highest BCUT2D eigenvalue weighted by atomic mass is 19.1. The highest BCUT2D eigenvalue weighted by Gasteiger charge is 2.66. The van der Waals surface area contributed by atoms with Gasteiger partial charge in [0.15, 0.2) is 23.1 Å². The van der Waals surface area contributed by atoms with Gasteiger partial charge in [-0.05, 0) is 77.9 Å². The van der Waals surface area contributed by atoms with Crippen molar-refractivity contribution in [1.29, 1.82) is 0 Å². The molecular weight excluding hydrogens is 746 g/mol. The minimum atomic E-state index is -1.58. The number of ketones is 2. The van der Waals surface area contributed by atoms with Crippen molar-refractivity contribution in [1.82, 2.24) is 0 Å². The first-order valence-corrected chi connectivity index (χ1v) is 19.6. The number of para-hydroxylation sites is 1. The lowest BCUT2D eigenvalue weighted by Gasteiger charge is -2.55. The van der Waals surface area contributed by atoms with Gasteiger partial charge < -0.3 is 14.6 Å². The number of rotatable bonds is 8. The molecule has 2 fully saturated rings. The molecule has 0 bridgehead atoms. The molecule has 294 valence electrons. The van der Waals surface area contributed by atoms with E-state index in [1.807, 2.05) is 60.7 Å². The second kappa shape index (κ2) is 14.8. The molecule has 1 saturated heterocycles. The van der Waals surface area contributed by atoms with E-state index in [1.54, 1.807) is 80.9 Å². The summed E-state index contributed by atoms with van der Waals surface area (Å²) in [6, 6.07) is 34.8. The van der Waals surface area contributed by atoms with E-state index in [0.29, 0.717) is 33.9 Å². The number of phenolic OH excluding ortho intramolecular Hbond substituents is 1. The zero-order valence-corrected chi connectivity index (χ0v) is 32.4. The van der Waals surface area contributed by atoms with Crippen LogP contribution in [0.1, 0.15) is 46.6 Å². The third-order valence-corrected chi connectivity index (χ3v) is 12.7. The molecule has 9 rings (SSSR count). The monoisotopic (exact) mass is 785 g/mol. The highest BCUT2D eigenvalue weighted by molar-refractivity contribution is 6.32. The second-order valence-electron chi connectivity index (χ2n) is 15.5. The number of hydrogen-bond donors (Lipinski definition) is 1. The van der Waals surface area contributed by atoms with Gasteiger partial charge >= 0.3 is 0 Å². The van der Waals surface area contributed by atoms with Gasteiger partial charge in [0.1, 0.15) is 11.5 Å². The van der Waals surface area contributed by atoms with Crippen LogP contribution in [0.5, 0.6) is 17.2 Å². The second-order valence-corrected chi connectivity index (χ2v) is 15.5. The molecule has 6 atom stereocenters. The normalized spacial score (nSPS) is 24.9. The van der Waals surface area contributed by atoms with Gasteiger partial charge in [0.05, 0.1) is 37.2 Å². The Balaban J connectivity index is 1.13. The van der Waals surface area contributed by atoms with Crippen molar-refractivity contribution < 1.29 is 38.1 Å². The molecule has 1 aliphatic heterocycles. The van der Waals surface area contributed by atoms with Crippen LogP contribution in [-0.4, -0.2) is 42.7 Å². The number of allylic oxidation sites excluding steroid dienone is 4. The number of nitrogens with zero attached hydrogens (tertiary/aromatic N) is 1. The molecule has 59 heavy (non-hydrogen) atoms. The van der Waals surface area contributed by atoms with Crippen molar-refractivity contribution in [3.63, 3.8) is 0 Å². The highest BCUT2D eigenvalue weighted by Crippen LogP contribution is 2.64. The summed E-state index contributed by atoms with van der Waals surface area (Å²) in [4.78, 5) is 60.6. The van der Waals surface area contributed by atoms with E-state index in [4.69, 9.17) is 9.47 Å². The van der Waals surface area contributed by atoms with Crippen molar-refractivity contribution in [3.8, 4) is 17.2 Å². The lowest BCUT2D eigenvalue weighted by atomic mass is 9.44. The van der Waals surface area contributed by atoms with Gasteiger partial charge in [0, 0.05) is 28.5 Å².